The molecule has 12 heteroatoms. The van der Waals surface area contributed by atoms with E-state index in [1.54, 1.807) is 0 Å². The predicted octanol–water partition coefficient (Wildman–Crippen LogP) is 17.8. The lowest BCUT2D eigenvalue weighted by Gasteiger charge is -2.17. The lowest BCUT2D eigenvalue weighted by molar-refractivity contribution is 0.407. The van der Waals surface area contributed by atoms with Crippen LogP contribution in [-0.4, -0.2) is 0 Å². The first-order chi connectivity index (χ1) is 38.0. The van der Waals surface area contributed by atoms with Crippen LogP contribution in [-0.2, 0) is 12.8 Å². The molecule has 0 atom stereocenters. The molecule has 0 aromatic heterocycles. The van der Waals surface area contributed by atoms with Crippen LogP contribution in [0.3, 0.4) is 0 Å². The summed E-state index contributed by atoms with van der Waals surface area (Å²) in [5.74, 6) is 9.99. The summed E-state index contributed by atoms with van der Waals surface area (Å²) in [6, 6.07) is 67.5. The lowest BCUT2D eigenvalue weighted by Crippen LogP contribution is -1.98. The summed E-state index contributed by atoms with van der Waals surface area (Å²) in [5.41, 5.74) is 30.9. The molecule has 10 aromatic rings. The third-order valence-electron chi connectivity index (χ3n) is 12.2. The van der Waals surface area contributed by atoms with Gasteiger partial charge in [0, 0.05) is 12.1 Å². The minimum atomic E-state index is 0.556. The maximum atomic E-state index is 6.25. The van der Waals surface area contributed by atoms with E-state index in [4.69, 9.17) is 60.8 Å². The van der Waals surface area contributed by atoms with E-state index in [0.29, 0.717) is 115 Å². The van der Waals surface area contributed by atoms with Gasteiger partial charge < -0.3 is 60.8 Å². The van der Waals surface area contributed by atoms with Crippen LogP contribution in [0.1, 0.15) is 36.1 Å². The number of anilines is 4. The van der Waals surface area contributed by atoms with Crippen LogP contribution in [0, 0.1) is 13.8 Å². The van der Waals surface area contributed by atoms with E-state index < -0.39 is 0 Å². The zero-order valence-corrected chi connectivity index (χ0v) is 43.8. The molecule has 10 rings (SSSR count). The average Bonchev–Trinajstić information content (AvgIpc) is 3.44. The van der Waals surface area contributed by atoms with Crippen molar-refractivity contribution in [3.05, 3.63) is 241 Å². The Hall–Kier alpha value is -10.2. The largest absolute Gasteiger partial charge is 0.457 e. The van der Waals surface area contributed by atoms with E-state index in [1.165, 1.54) is 0 Å². The zero-order chi connectivity index (χ0) is 54.4. The van der Waals surface area contributed by atoms with Crippen LogP contribution in [0.25, 0.3) is 0 Å². The second kappa shape index (κ2) is 24.9. The highest BCUT2D eigenvalue weighted by molar-refractivity contribution is 5.62. The second-order valence-corrected chi connectivity index (χ2v) is 18.0. The molecule has 0 aliphatic heterocycles. The van der Waals surface area contributed by atoms with E-state index >= 15 is 0 Å². The Labute approximate surface area is 454 Å². The summed E-state index contributed by atoms with van der Waals surface area (Å²) in [7, 11) is 0. The molecular formula is C66H60N4O8. The number of benzene rings is 10. The minimum Gasteiger partial charge on any atom is -0.457 e. The van der Waals surface area contributed by atoms with Crippen molar-refractivity contribution in [2.24, 2.45) is 0 Å². The third-order valence-corrected chi connectivity index (χ3v) is 12.2. The second-order valence-electron chi connectivity index (χ2n) is 18.0. The van der Waals surface area contributed by atoms with Gasteiger partial charge in [-0.3, -0.25) is 0 Å². The van der Waals surface area contributed by atoms with E-state index in [2.05, 4.69) is 13.8 Å². The van der Waals surface area contributed by atoms with Gasteiger partial charge in [0.25, 0.3) is 0 Å². The SMILES string of the molecule is CCc1cccc(N)c1Oc1ccccc1Oc1cccc(Oc2ccccc2Oc2c(N)cccc2CC)c1.Cc1cccc(N)c1Oc1ccc(Oc2cccc(Oc3ccc(Oc4c(C)cccc4N)cc3)c2)cc1. The number of nitrogen functional groups attached to an aromatic ring is 4. The van der Waals surface area contributed by atoms with Crippen molar-refractivity contribution in [1.82, 2.24) is 0 Å². The lowest BCUT2D eigenvalue weighted by atomic mass is 10.1. The molecule has 0 aliphatic rings. The fraction of sp³-hybridized carbons (Fsp3) is 0.0909. The zero-order valence-electron chi connectivity index (χ0n) is 43.8. The van der Waals surface area contributed by atoms with Crippen LogP contribution >= 0.6 is 0 Å². The molecule has 0 fully saturated rings. The summed E-state index contributed by atoms with van der Waals surface area (Å²) < 4.78 is 49.0. The van der Waals surface area contributed by atoms with Crippen molar-refractivity contribution in [3.63, 3.8) is 0 Å². The van der Waals surface area contributed by atoms with Crippen molar-refractivity contribution >= 4 is 22.7 Å². The molecule has 0 saturated carbocycles. The Morgan fingerprint density at radius 2 is 0.538 bits per heavy atom. The fourth-order valence-corrected chi connectivity index (χ4v) is 8.22. The van der Waals surface area contributed by atoms with Crippen molar-refractivity contribution in [1.29, 1.82) is 0 Å². The highest BCUT2D eigenvalue weighted by Gasteiger charge is 2.16. The summed E-state index contributed by atoms with van der Waals surface area (Å²) in [6.45, 7) is 8.05. The van der Waals surface area contributed by atoms with E-state index in [1.807, 2.05) is 232 Å². The number of rotatable bonds is 18. The van der Waals surface area contributed by atoms with Gasteiger partial charge in [-0.1, -0.05) is 98.8 Å². The van der Waals surface area contributed by atoms with Crippen LogP contribution in [0.15, 0.2) is 218 Å². The molecule has 0 saturated heterocycles. The van der Waals surface area contributed by atoms with Gasteiger partial charge in [-0.25, -0.2) is 0 Å². The Kier molecular flexibility index (Phi) is 16.8. The summed E-state index contributed by atoms with van der Waals surface area (Å²) in [6.07, 6.45) is 1.59. The normalized spacial score (nSPS) is 10.6. The minimum absolute atomic E-state index is 0.556. The number of nitrogens with two attached hydrogens (primary N) is 4. The quantitative estimate of drug-likeness (QED) is 0.0599. The van der Waals surface area contributed by atoms with Crippen molar-refractivity contribution in [2.75, 3.05) is 22.9 Å². The van der Waals surface area contributed by atoms with Gasteiger partial charge in [0.2, 0.25) is 0 Å². The summed E-state index contributed by atoms with van der Waals surface area (Å²) >= 11 is 0. The molecule has 0 aliphatic carbocycles. The van der Waals surface area contributed by atoms with Gasteiger partial charge >= 0.3 is 0 Å². The molecule has 0 amide bonds. The van der Waals surface area contributed by atoms with Gasteiger partial charge in [0.1, 0.15) is 46.0 Å². The highest BCUT2D eigenvalue weighted by Crippen LogP contribution is 2.42. The molecule has 0 heterocycles. The number of para-hydroxylation sites is 8. The average molecular weight is 1040 g/mol. The van der Waals surface area contributed by atoms with E-state index in [-0.39, 0.29) is 0 Å². The molecular weight excluding hydrogens is 977 g/mol. The Bertz CT molecular complexity index is 3370. The number of hydrogen-bond donors (Lipinski definition) is 4. The predicted molar refractivity (Wildman–Crippen MR) is 311 cm³/mol. The molecule has 0 unspecified atom stereocenters. The first kappa shape index (κ1) is 52.7. The van der Waals surface area contributed by atoms with Crippen LogP contribution in [0.5, 0.6) is 92.0 Å². The first-order valence-electron chi connectivity index (χ1n) is 25.5. The Morgan fingerprint density at radius 1 is 0.256 bits per heavy atom. The number of hydrogen-bond acceptors (Lipinski definition) is 12. The number of aryl methyl sites for hydroxylation is 4. The van der Waals surface area contributed by atoms with Gasteiger partial charge in [-0.05, 0) is 170 Å². The smallest absolute Gasteiger partial charge is 0.170 e. The Balaban J connectivity index is 0.000000190. The number of ether oxygens (including phenoxy) is 8. The van der Waals surface area contributed by atoms with Crippen LogP contribution in [0.2, 0.25) is 0 Å². The van der Waals surface area contributed by atoms with Gasteiger partial charge in [-0.15, -0.1) is 0 Å². The van der Waals surface area contributed by atoms with E-state index in [0.717, 1.165) is 35.1 Å². The summed E-state index contributed by atoms with van der Waals surface area (Å²) in [5, 5.41) is 0. The molecule has 12 nitrogen and oxygen atoms in total. The molecule has 0 bridgehead atoms. The standard InChI is InChI=1S/C34H32N2O4.C32H28N2O4/c1-3-23-12-9-16-27(35)33(23)39-31-20-7-5-18-29(31)37-25-14-11-15-26(22-25)38-30-19-6-8-21-32(30)40-34-24(4-2)13-10-17-28(34)36;1-21-6-3-10-29(33)31(21)37-25-16-12-23(13-17-25)35-27-8-5-9-28(20-27)36-24-14-18-26(19-15-24)38-32-22(2)7-4-11-30(32)34/h5-22H,3-4,35-36H2,1-2H3;3-20H,33-34H2,1-2H3. The van der Waals surface area contributed by atoms with Crippen molar-refractivity contribution < 1.29 is 37.9 Å². The first-order valence-corrected chi connectivity index (χ1v) is 25.5. The molecule has 0 spiro atoms. The fourth-order valence-electron chi connectivity index (χ4n) is 8.22. The molecule has 78 heavy (non-hydrogen) atoms. The Morgan fingerprint density at radius 3 is 0.872 bits per heavy atom. The molecule has 0 radical (unpaired) electrons. The van der Waals surface area contributed by atoms with Crippen molar-refractivity contribution in [3.8, 4) is 92.0 Å². The topological polar surface area (TPSA) is 178 Å². The van der Waals surface area contributed by atoms with Gasteiger partial charge in [0.15, 0.2) is 46.0 Å². The monoisotopic (exact) mass is 1040 g/mol. The molecule has 392 valence electrons. The van der Waals surface area contributed by atoms with E-state index in [9.17, 15) is 0 Å². The summed E-state index contributed by atoms with van der Waals surface area (Å²) in [4.78, 5) is 0. The van der Waals surface area contributed by atoms with Crippen LogP contribution in [0.4, 0.5) is 22.7 Å². The third kappa shape index (κ3) is 13.4. The maximum Gasteiger partial charge on any atom is 0.170 e. The maximum absolute atomic E-state index is 6.25. The molecule has 8 N–H and O–H groups in total. The highest BCUT2D eigenvalue weighted by atomic mass is 16.5. The van der Waals surface area contributed by atoms with Crippen LogP contribution < -0.4 is 60.8 Å². The van der Waals surface area contributed by atoms with Crippen molar-refractivity contribution in [2.45, 2.75) is 40.5 Å². The van der Waals surface area contributed by atoms with Gasteiger partial charge in [-0.2, -0.15) is 0 Å². The molecule has 10 aromatic carbocycles. The van der Waals surface area contributed by atoms with Gasteiger partial charge in [0.05, 0.1) is 22.7 Å².